The second-order valence-corrected chi connectivity index (χ2v) is 16.9. The maximum atomic E-state index is 13.2. The average molecular weight is 648 g/mol. The van der Waals surface area contributed by atoms with Gasteiger partial charge in [-0.15, -0.1) is 0 Å². The van der Waals surface area contributed by atoms with E-state index in [4.69, 9.17) is 21.2 Å². The number of hydrogen-bond acceptors (Lipinski definition) is 7. The van der Waals surface area contributed by atoms with E-state index in [1.54, 1.807) is 17.8 Å². The summed E-state index contributed by atoms with van der Waals surface area (Å²) in [5.41, 5.74) is 18.9. The summed E-state index contributed by atoms with van der Waals surface area (Å²) in [7, 11) is -3.88. The predicted molar refractivity (Wildman–Crippen MR) is 188 cm³/mol. The number of nitrogen functional groups attached to an aromatic ring is 1. The molecule has 1 fully saturated rings. The van der Waals surface area contributed by atoms with E-state index < -0.39 is 10.0 Å². The smallest absolute Gasteiger partial charge is 0.244 e. The second kappa shape index (κ2) is 13.6. The normalized spacial score (nSPS) is 23.4. The van der Waals surface area contributed by atoms with Gasteiger partial charge in [-0.2, -0.15) is 0 Å². The van der Waals surface area contributed by atoms with Crippen molar-refractivity contribution in [3.8, 4) is 16.9 Å². The number of ether oxygens (including phenoxy) is 1. The van der Waals surface area contributed by atoms with Crippen molar-refractivity contribution in [1.29, 1.82) is 0 Å². The first kappa shape index (κ1) is 34.3. The highest BCUT2D eigenvalue weighted by Gasteiger charge is 2.34. The molecular weight excluding hydrogens is 595 g/mol. The van der Waals surface area contributed by atoms with Crippen LogP contribution in [-0.2, 0) is 16.4 Å². The van der Waals surface area contributed by atoms with Crippen molar-refractivity contribution in [2.24, 2.45) is 39.3 Å². The second-order valence-electron chi connectivity index (χ2n) is 15.2. The Balaban J connectivity index is 1.40. The lowest BCUT2D eigenvalue weighted by Gasteiger charge is -2.36. The highest BCUT2D eigenvalue weighted by atomic mass is 32.2. The molecule has 2 aliphatic heterocycles. The van der Waals surface area contributed by atoms with Gasteiger partial charge in [0.15, 0.2) is 0 Å². The van der Waals surface area contributed by atoms with Gasteiger partial charge in [0.2, 0.25) is 10.0 Å². The number of rotatable bonds is 9. The van der Waals surface area contributed by atoms with Gasteiger partial charge >= 0.3 is 0 Å². The van der Waals surface area contributed by atoms with E-state index in [-0.39, 0.29) is 22.7 Å². The van der Waals surface area contributed by atoms with Gasteiger partial charge in [-0.05, 0) is 115 Å². The number of allylic oxidation sites excluding steroid dienone is 3. The Labute approximate surface area is 276 Å². The van der Waals surface area contributed by atoms with Gasteiger partial charge in [-0.3, -0.25) is 4.99 Å². The fourth-order valence-electron chi connectivity index (χ4n) is 6.98. The van der Waals surface area contributed by atoms with Gasteiger partial charge in [0, 0.05) is 30.2 Å². The molecular formula is C37H53N5O3S. The van der Waals surface area contributed by atoms with Crippen LogP contribution in [0.3, 0.4) is 0 Å². The van der Waals surface area contributed by atoms with Crippen molar-refractivity contribution < 1.29 is 13.2 Å². The maximum absolute atomic E-state index is 13.2. The van der Waals surface area contributed by atoms with Crippen molar-refractivity contribution in [2.45, 2.75) is 91.4 Å². The minimum absolute atomic E-state index is 0.0273. The van der Waals surface area contributed by atoms with Gasteiger partial charge in [-0.25, -0.2) is 18.1 Å². The van der Waals surface area contributed by atoms with Crippen LogP contribution >= 0.6 is 0 Å². The molecule has 0 spiro atoms. The molecule has 250 valence electrons. The van der Waals surface area contributed by atoms with Gasteiger partial charge in [0.25, 0.3) is 0 Å². The van der Waals surface area contributed by atoms with Crippen molar-refractivity contribution in [2.75, 3.05) is 25.4 Å². The topological polar surface area (TPSA) is 133 Å². The summed E-state index contributed by atoms with van der Waals surface area (Å²) < 4.78 is 35.5. The fraction of sp³-hybridized carbons (Fsp3) is 0.568. The third-order valence-electron chi connectivity index (χ3n) is 10.3. The highest BCUT2D eigenvalue weighted by Crippen LogP contribution is 2.44. The molecule has 3 atom stereocenters. The number of anilines is 1. The number of nitrogens with zero attached hydrogens (tertiary/aromatic N) is 2. The Morgan fingerprint density at radius 1 is 1.17 bits per heavy atom. The quantitative estimate of drug-likeness (QED) is 0.267. The van der Waals surface area contributed by atoms with Crippen LogP contribution in [0.4, 0.5) is 5.82 Å². The number of nitrogens with two attached hydrogens (primary N) is 2. The molecule has 0 bridgehead atoms. The minimum Gasteiger partial charge on any atom is -0.493 e. The van der Waals surface area contributed by atoms with Crippen molar-refractivity contribution >= 4 is 21.6 Å². The first-order valence-electron chi connectivity index (χ1n) is 16.9. The Morgan fingerprint density at radius 2 is 1.96 bits per heavy atom. The van der Waals surface area contributed by atoms with E-state index in [2.05, 4.69) is 55.7 Å². The van der Waals surface area contributed by atoms with E-state index >= 15 is 0 Å². The van der Waals surface area contributed by atoms with Crippen LogP contribution in [0.2, 0.25) is 0 Å². The van der Waals surface area contributed by atoms with Crippen molar-refractivity contribution in [3.05, 3.63) is 59.4 Å². The van der Waals surface area contributed by atoms with Gasteiger partial charge in [0.05, 0.1) is 6.61 Å². The highest BCUT2D eigenvalue weighted by molar-refractivity contribution is 7.89. The lowest BCUT2D eigenvalue weighted by Crippen LogP contribution is -2.38. The monoisotopic (exact) mass is 647 g/mol. The summed E-state index contributed by atoms with van der Waals surface area (Å²) >= 11 is 0. The first-order valence-corrected chi connectivity index (χ1v) is 18.4. The van der Waals surface area contributed by atoms with Crippen LogP contribution in [0.1, 0.15) is 85.6 Å². The average Bonchev–Trinajstić information content (AvgIpc) is 3.17. The number of pyridine rings is 1. The Kier molecular flexibility index (Phi) is 10.2. The van der Waals surface area contributed by atoms with Crippen LogP contribution in [0.5, 0.6) is 5.75 Å². The Hall–Kier alpha value is -3.01. The summed E-state index contributed by atoms with van der Waals surface area (Å²) in [6.07, 6.45) is 13.4. The van der Waals surface area contributed by atoms with Gasteiger partial charge < -0.3 is 16.2 Å². The summed E-state index contributed by atoms with van der Waals surface area (Å²) in [6, 6.07) is 7.72. The number of aliphatic imine (C=N–C) groups is 1. The summed E-state index contributed by atoms with van der Waals surface area (Å²) in [6.45, 7) is 14.5. The number of fused-ring (bicyclic) bond motifs is 2. The molecule has 1 saturated carbocycles. The third-order valence-corrected chi connectivity index (χ3v) is 11.7. The number of benzene rings is 1. The molecule has 3 heterocycles. The molecule has 1 aromatic carbocycles. The fourth-order valence-corrected chi connectivity index (χ4v) is 8.33. The van der Waals surface area contributed by atoms with Gasteiger partial charge in [0.1, 0.15) is 16.5 Å². The summed E-state index contributed by atoms with van der Waals surface area (Å²) in [4.78, 5) is 9.16. The van der Waals surface area contributed by atoms with E-state index in [1.807, 2.05) is 26.0 Å². The number of aromatic nitrogens is 1. The van der Waals surface area contributed by atoms with E-state index in [0.29, 0.717) is 41.9 Å². The standard InChI is InChI=1S/C37H53N5O3S/c1-7-25-11-14-40-32-10-13-36(3,4)20-31(32)30(25)18-26-12-15-45-33-9-8-27(17-28(33)16-24(26)2)29-19-34(35(39)41-21-29)46(43,44)42-23-37(5,6)22-38/h8-9,11,14,17,19,21,24-26,42H,7,10,12-13,15-16,18,20,22-23,38H2,1-6H3,(H2,39,41). The zero-order chi connectivity index (χ0) is 33.3. The largest absolute Gasteiger partial charge is 0.493 e. The number of hydrogen-bond donors (Lipinski definition) is 3. The minimum atomic E-state index is -3.88. The zero-order valence-corrected chi connectivity index (χ0v) is 29.3. The summed E-state index contributed by atoms with van der Waals surface area (Å²) in [5.74, 6) is 2.19. The molecule has 3 aliphatic rings. The van der Waals surface area contributed by atoms with Gasteiger partial charge in [-0.1, -0.05) is 59.3 Å². The lowest BCUT2D eigenvalue weighted by atomic mass is 9.69. The van der Waals surface area contributed by atoms with Crippen LogP contribution in [0.25, 0.3) is 11.1 Å². The van der Waals surface area contributed by atoms with E-state index in [0.717, 1.165) is 55.4 Å². The Bertz CT molecular complexity index is 1640. The third kappa shape index (κ3) is 7.75. The lowest BCUT2D eigenvalue weighted by molar-refractivity contribution is 0.219. The molecule has 5 N–H and O–H groups in total. The van der Waals surface area contributed by atoms with E-state index in [9.17, 15) is 8.42 Å². The molecule has 9 heteroatoms. The maximum Gasteiger partial charge on any atom is 0.244 e. The summed E-state index contributed by atoms with van der Waals surface area (Å²) in [5, 5.41) is 0. The SMILES string of the molecule is CCC1C=CN=C2CCC(C)(C)CC2=C1CC1CCOc2ccc(-c3cnc(N)c(S(=O)(=O)NCC(C)(C)CN)c3)cc2CC1C. The molecule has 1 aromatic heterocycles. The van der Waals surface area contributed by atoms with Crippen molar-refractivity contribution in [1.82, 2.24) is 9.71 Å². The molecule has 2 aromatic rings. The van der Waals surface area contributed by atoms with Crippen LogP contribution in [-0.4, -0.2) is 38.8 Å². The zero-order valence-electron chi connectivity index (χ0n) is 28.5. The van der Waals surface area contributed by atoms with Crippen LogP contribution in [0.15, 0.2) is 63.8 Å². The molecule has 0 saturated heterocycles. The van der Waals surface area contributed by atoms with Crippen LogP contribution < -0.4 is 20.9 Å². The molecule has 0 amide bonds. The molecule has 5 rings (SSSR count). The molecule has 3 unspecified atom stereocenters. The van der Waals surface area contributed by atoms with Crippen LogP contribution in [0, 0.1) is 28.6 Å². The number of nitrogens with one attached hydrogen (secondary N) is 1. The molecule has 1 aliphatic carbocycles. The Morgan fingerprint density at radius 3 is 2.70 bits per heavy atom. The first-order chi connectivity index (χ1) is 21.7. The number of sulfonamides is 1. The van der Waals surface area contributed by atoms with E-state index in [1.165, 1.54) is 17.7 Å². The predicted octanol–water partition coefficient (Wildman–Crippen LogP) is 7.06. The molecule has 0 radical (unpaired) electrons. The molecule has 46 heavy (non-hydrogen) atoms. The van der Waals surface area contributed by atoms with Crippen molar-refractivity contribution in [3.63, 3.8) is 0 Å². The molecule has 8 nitrogen and oxygen atoms in total.